The summed E-state index contributed by atoms with van der Waals surface area (Å²) in [5, 5.41) is 6.71. The maximum absolute atomic E-state index is 14.0. The summed E-state index contributed by atoms with van der Waals surface area (Å²) >= 11 is 5.81. The number of hydrogen-bond acceptors (Lipinski definition) is 3. The molecule has 1 heterocycles. The van der Waals surface area contributed by atoms with Gasteiger partial charge in [0.1, 0.15) is 11.6 Å². The van der Waals surface area contributed by atoms with E-state index in [9.17, 15) is 9.18 Å². The van der Waals surface area contributed by atoms with Crippen LogP contribution in [0.15, 0.2) is 36.4 Å². The first-order valence-corrected chi connectivity index (χ1v) is 9.04. The zero-order valence-electron chi connectivity index (χ0n) is 14.8. The summed E-state index contributed by atoms with van der Waals surface area (Å²) in [6.07, 6.45) is 0.734. The van der Waals surface area contributed by atoms with E-state index in [-0.39, 0.29) is 30.3 Å². The summed E-state index contributed by atoms with van der Waals surface area (Å²) in [6.45, 7) is 4.48. The van der Waals surface area contributed by atoms with E-state index in [2.05, 4.69) is 10.6 Å². The Bertz CT molecular complexity index is 795. The molecule has 0 aromatic heterocycles. The Morgan fingerprint density at radius 2 is 2.00 bits per heavy atom. The lowest BCUT2D eigenvalue weighted by Gasteiger charge is -2.17. The maximum atomic E-state index is 14.0. The quantitative estimate of drug-likeness (QED) is 0.791. The minimum atomic E-state index is -0.222. The molecule has 138 valence electrons. The van der Waals surface area contributed by atoms with Crippen molar-refractivity contribution in [3.05, 3.63) is 58.4 Å². The molecule has 0 aliphatic carbocycles. The molecule has 2 atom stereocenters. The van der Waals surface area contributed by atoms with Crippen LogP contribution in [-0.2, 0) is 4.79 Å². The second-order valence-electron chi connectivity index (χ2n) is 6.57. The van der Waals surface area contributed by atoms with Crippen molar-refractivity contribution in [3.63, 3.8) is 0 Å². The minimum Gasteiger partial charge on any atom is -0.484 e. The Kier molecular flexibility index (Phi) is 5.67. The number of aryl methyl sites for hydroxylation is 1. The maximum Gasteiger partial charge on any atom is 0.257 e. The molecule has 2 N–H and O–H groups in total. The van der Waals surface area contributed by atoms with E-state index < -0.39 is 0 Å². The van der Waals surface area contributed by atoms with Gasteiger partial charge in [0.15, 0.2) is 6.61 Å². The molecular weight excluding hydrogens is 355 g/mol. The third kappa shape index (κ3) is 4.10. The smallest absolute Gasteiger partial charge is 0.257 e. The highest BCUT2D eigenvalue weighted by molar-refractivity contribution is 6.30. The largest absolute Gasteiger partial charge is 0.484 e. The van der Waals surface area contributed by atoms with Gasteiger partial charge >= 0.3 is 0 Å². The monoisotopic (exact) mass is 376 g/mol. The molecule has 0 saturated heterocycles. The van der Waals surface area contributed by atoms with E-state index >= 15 is 0 Å². The van der Waals surface area contributed by atoms with Crippen LogP contribution in [-0.4, -0.2) is 25.1 Å². The molecule has 2 unspecified atom stereocenters. The fourth-order valence-electron chi connectivity index (χ4n) is 3.39. The van der Waals surface area contributed by atoms with E-state index in [0.717, 1.165) is 17.5 Å². The van der Waals surface area contributed by atoms with Crippen molar-refractivity contribution < 1.29 is 13.9 Å². The molecule has 0 spiro atoms. The van der Waals surface area contributed by atoms with E-state index in [1.807, 2.05) is 13.8 Å². The molecule has 26 heavy (non-hydrogen) atoms. The summed E-state index contributed by atoms with van der Waals surface area (Å²) < 4.78 is 19.4. The van der Waals surface area contributed by atoms with Crippen LogP contribution < -0.4 is 15.4 Å². The van der Waals surface area contributed by atoms with Crippen LogP contribution in [0, 0.1) is 12.7 Å². The zero-order valence-corrected chi connectivity index (χ0v) is 15.6. The number of ether oxygens (including phenoxy) is 1. The molecule has 0 saturated carbocycles. The standard InChI is InChI=1S/C20H22ClFN2O2/c1-12-3-8-17(22)20-19(12)16(13(2)24-20)9-10-23-18(25)11-26-15-6-4-14(21)5-7-15/h3-8,13,16,24H,9-11H2,1-2H3,(H,23,25). The van der Waals surface area contributed by atoms with Crippen LogP contribution in [0.3, 0.4) is 0 Å². The average molecular weight is 377 g/mol. The number of amides is 1. The Labute approximate surface area is 157 Å². The molecule has 6 heteroatoms. The molecule has 1 aliphatic heterocycles. The predicted octanol–water partition coefficient (Wildman–Crippen LogP) is 4.27. The van der Waals surface area contributed by atoms with Crippen molar-refractivity contribution in [2.45, 2.75) is 32.2 Å². The second kappa shape index (κ2) is 7.96. The lowest BCUT2D eigenvalue weighted by Crippen LogP contribution is -2.31. The molecule has 1 aliphatic rings. The van der Waals surface area contributed by atoms with Gasteiger partial charge < -0.3 is 15.4 Å². The number of carbonyl (C=O) groups excluding carboxylic acids is 1. The zero-order chi connectivity index (χ0) is 18.7. The number of carbonyl (C=O) groups is 1. The van der Waals surface area contributed by atoms with Gasteiger partial charge in [-0.05, 0) is 61.7 Å². The van der Waals surface area contributed by atoms with Gasteiger partial charge in [0.05, 0.1) is 5.69 Å². The van der Waals surface area contributed by atoms with Crippen molar-refractivity contribution >= 4 is 23.2 Å². The molecule has 0 bridgehead atoms. The first kappa shape index (κ1) is 18.5. The van der Waals surface area contributed by atoms with E-state index in [1.54, 1.807) is 30.3 Å². The topological polar surface area (TPSA) is 50.4 Å². The number of hydrogen-bond donors (Lipinski definition) is 2. The Hall–Kier alpha value is -2.27. The van der Waals surface area contributed by atoms with Crippen LogP contribution >= 0.6 is 11.6 Å². The minimum absolute atomic E-state index is 0.0512. The highest BCUT2D eigenvalue weighted by atomic mass is 35.5. The Morgan fingerprint density at radius 3 is 2.73 bits per heavy atom. The second-order valence-corrected chi connectivity index (χ2v) is 7.01. The molecule has 0 radical (unpaired) electrons. The van der Waals surface area contributed by atoms with Gasteiger partial charge in [0, 0.05) is 23.5 Å². The van der Waals surface area contributed by atoms with Gasteiger partial charge in [-0.15, -0.1) is 0 Å². The van der Waals surface area contributed by atoms with Gasteiger partial charge in [0.25, 0.3) is 5.91 Å². The third-order valence-corrected chi connectivity index (χ3v) is 4.97. The van der Waals surface area contributed by atoms with Gasteiger partial charge in [-0.1, -0.05) is 17.7 Å². The van der Waals surface area contributed by atoms with Gasteiger partial charge in [-0.2, -0.15) is 0 Å². The van der Waals surface area contributed by atoms with E-state index in [4.69, 9.17) is 16.3 Å². The molecule has 2 aromatic carbocycles. The highest BCUT2D eigenvalue weighted by Gasteiger charge is 2.32. The molecule has 3 rings (SSSR count). The Balaban J connectivity index is 1.50. The normalized spacial score (nSPS) is 18.2. The fourth-order valence-corrected chi connectivity index (χ4v) is 3.52. The molecular formula is C20H22ClFN2O2. The number of anilines is 1. The number of rotatable bonds is 6. The van der Waals surface area contributed by atoms with Crippen LogP contribution in [0.25, 0.3) is 0 Å². The molecule has 1 amide bonds. The average Bonchev–Trinajstić information content (AvgIpc) is 2.96. The highest BCUT2D eigenvalue weighted by Crippen LogP contribution is 2.41. The van der Waals surface area contributed by atoms with Gasteiger partial charge in [-0.25, -0.2) is 4.39 Å². The summed E-state index contributed by atoms with van der Waals surface area (Å²) in [5.41, 5.74) is 2.68. The molecule has 4 nitrogen and oxygen atoms in total. The van der Waals surface area contributed by atoms with Crippen LogP contribution in [0.4, 0.5) is 10.1 Å². The summed E-state index contributed by atoms with van der Waals surface area (Å²) in [4.78, 5) is 12.0. The van der Waals surface area contributed by atoms with Crippen LogP contribution in [0.2, 0.25) is 5.02 Å². The van der Waals surface area contributed by atoms with Crippen molar-refractivity contribution in [3.8, 4) is 5.75 Å². The van der Waals surface area contributed by atoms with Gasteiger partial charge in [-0.3, -0.25) is 4.79 Å². The first-order valence-electron chi connectivity index (χ1n) is 8.66. The van der Waals surface area contributed by atoms with Crippen LogP contribution in [0.5, 0.6) is 5.75 Å². The predicted molar refractivity (Wildman–Crippen MR) is 102 cm³/mol. The number of fused-ring (bicyclic) bond motifs is 1. The molecule has 0 fully saturated rings. The van der Waals surface area contributed by atoms with E-state index in [1.165, 1.54) is 6.07 Å². The van der Waals surface area contributed by atoms with Crippen molar-refractivity contribution in [1.82, 2.24) is 5.32 Å². The summed E-state index contributed by atoms with van der Waals surface area (Å²) in [6, 6.07) is 10.3. The SMILES string of the molecule is Cc1ccc(F)c2c1C(CCNC(=O)COc1ccc(Cl)cc1)C(C)N2. The first-order chi connectivity index (χ1) is 12.5. The van der Waals surface area contributed by atoms with E-state index in [0.29, 0.717) is 23.0 Å². The van der Waals surface area contributed by atoms with Crippen LogP contribution in [0.1, 0.15) is 30.4 Å². The summed E-state index contributed by atoms with van der Waals surface area (Å²) in [5.74, 6) is 0.353. The number of benzene rings is 2. The summed E-state index contributed by atoms with van der Waals surface area (Å²) in [7, 11) is 0. The Morgan fingerprint density at radius 1 is 1.27 bits per heavy atom. The molecule has 2 aromatic rings. The van der Waals surface area contributed by atoms with Crippen molar-refractivity contribution in [2.24, 2.45) is 0 Å². The number of nitrogens with one attached hydrogen (secondary N) is 2. The van der Waals surface area contributed by atoms with Crippen molar-refractivity contribution in [1.29, 1.82) is 0 Å². The third-order valence-electron chi connectivity index (χ3n) is 4.72. The lowest BCUT2D eigenvalue weighted by molar-refractivity contribution is -0.123. The van der Waals surface area contributed by atoms with Crippen molar-refractivity contribution in [2.75, 3.05) is 18.5 Å². The fraction of sp³-hybridized carbons (Fsp3) is 0.350. The number of halogens is 2. The lowest BCUT2D eigenvalue weighted by atomic mass is 9.89. The van der Waals surface area contributed by atoms with Gasteiger partial charge in [0.2, 0.25) is 0 Å².